The van der Waals surface area contributed by atoms with Crippen LogP contribution in [-0.2, 0) is 10.8 Å². The van der Waals surface area contributed by atoms with Crippen molar-refractivity contribution in [2.75, 3.05) is 11.9 Å². The van der Waals surface area contributed by atoms with E-state index in [1.54, 1.807) is 22.3 Å². The van der Waals surface area contributed by atoms with Crippen LogP contribution < -0.4 is 5.32 Å². The van der Waals surface area contributed by atoms with Gasteiger partial charge in [0.1, 0.15) is 0 Å². The Kier molecular flexibility index (Phi) is 16.7. The highest BCUT2D eigenvalue weighted by Crippen LogP contribution is 2.48. The predicted molar refractivity (Wildman–Crippen MR) is 255 cm³/mol. The Bertz CT molecular complexity index is 1950. The van der Waals surface area contributed by atoms with E-state index in [4.69, 9.17) is 0 Å². The van der Waals surface area contributed by atoms with E-state index in [0.29, 0.717) is 11.3 Å². The molecule has 0 radical (unpaired) electrons. The number of rotatable bonds is 11. The van der Waals surface area contributed by atoms with Gasteiger partial charge in [-0.2, -0.15) is 0 Å². The molecule has 0 atom stereocenters. The topological polar surface area (TPSA) is 12.0 Å². The second-order valence-corrected chi connectivity index (χ2v) is 18.9. The number of hydrogen-bond donors (Lipinski definition) is 1. The first-order valence-electron chi connectivity index (χ1n) is 23.3. The van der Waals surface area contributed by atoms with Crippen LogP contribution >= 0.6 is 0 Å². The number of hydrogen-bond acceptors (Lipinski definition) is 1. The van der Waals surface area contributed by atoms with Gasteiger partial charge in [0.05, 0.1) is 0 Å². The lowest BCUT2D eigenvalue weighted by Gasteiger charge is -2.38. The SMILES string of the molecule is CC/C=C1\CCC(/C=C/C2(c3c(NCCC(C)C)ccc4ccccc34)CCCCC2)=C1C.CCCC(C)C.Cc1ccc2ccccc2c1C1(C)CCCCC1. The van der Waals surface area contributed by atoms with Crippen molar-refractivity contribution in [3.8, 4) is 0 Å². The van der Waals surface area contributed by atoms with Crippen molar-refractivity contribution in [2.45, 2.75) is 176 Å². The summed E-state index contributed by atoms with van der Waals surface area (Å²) < 4.78 is 0. The summed E-state index contributed by atoms with van der Waals surface area (Å²) in [5.41, 5.74) is 11.1. The van der Waals surface area contributed by atoms with Crippen LogP contribution in [0.3, 0.4) is 0 Å². The normalized spacial score (nSPS) is 18.6. The van der Waals surface area contributed by atoms with E-state index in [0.717, 1.165) is 18.9 Å². The Morgan fingerprint density at radius 3 is 1.81 bits per heavy atom. The second-order valence-electron chi connectivity index (χ2n) is 18.9. The molecule has 0 saturated heterocycles. The average molecular weight is 766 g/mol. The third-order valence-electron chi connectivity index (χ3n) is 13.5. The predicted octanol–water partition coefficient (Wildman–Crippen LogP) is 17.3. The van der Waals surface area contributed by atoms with Crippen molar-refractivity contribution in [3.05, 3.63) is 124 Å². The maximum Gasteiger partial charge on any atom is 0.0388 e. The molecule has 0 aliphatic heterocycles. The van der Waals surface area contributed by atoms with E-state index < -0.39 is 0 Å². The molecule has 57 heavy (non-hydrogen) atoms. The maximum absolute atomic E-state index is 3.86. The zero-order chi connectivity index (χ0) is 40.8. The van der Waals surface area contributed by atoms with Crippen LogP contribution in [-0.4, -0.2) is 6.54 Å². The zero-order valence-corrected chi connectivity index (χ0v) is 37.8. The summed E-state index contributed by atoms with van der Waals surface area (Å²) in [6.45, 7) is 21.7. The molecule has 0 bridgehead atoms. The lowest BCUT2D eigenvalue weighted by atomic mass is 9.67. The van der Waals surface area contributed by atoms with E-state index in [2.05, 4.69) is 159 Å². The third kappa shape index (κ3) is 11.5. The molecule has 2 saturated carbocycles. The smallest absolute Gasteiger partial charge is 0.0388 e. The number of anilines is 1. The quantitative estimate of drug-likeness (QED) is 0.160. The van der Waals surface area contributed by atoms with Crippen LogP contribution in [0, 0.1) is 18.8 Å². The maximum atomic E-state index is 3.86. The van der Waals surface area contributed by atoms with Gasteiger partial charge < -0.3 is 5.32 Å². The van der Waals surface area contributed by atoms with E-state index in [1.165, 1.54) is 135 Å². The van der Waals surface area contributed by atoms with Crippen LogP contribution in [0.25, 0.3) is 21.5 Å². The summed E-state index contributed by atoms with van der Waals surface area (Å²) in [5.74, 6) is 1.61. The molecule has 4 aromatic carbocycles. The Balaban J connectivity index is 0.000000215. The van der Waals surface area contributed by atoms with Crippen molar-refractivity contribution in [3.63, 3.8) is 0 Å². The fraction of sp³-hybridized carbons (Fsp3) is 0.536. The molecular weight excluding hydrogens is 687 g/mol. The van der Waals surface area contributed by atoms with Crippen LogP contribution in [0.5, 0.6) is 0 Å². The first kappa shape index (κ1) is 44.5. The zero-order valence-electron chi connectivity index (χ0n) is 37.8. The van der Waals surface area contributed by atoms with Gasteiger partial charge in [-0.25, -0.2) is 0 Å². The molecule has 1 heteroatoms. The van der Waals surface area contributed by atoms with Gasteiger partial charge in [0.25, 0.3) is 0 Å². The fourth-order valence-electron chi connectivity index (χ4n) is 10.3. The molecule has 3 aliphatic rings. The molecule has 7 rings (SSSR count). The highest BCUT2D eigenvalue weighted by Gasteiger charge is 2.35. The number of benzene rings is 4. The summed E-state index contributed by atoms with van der Waals surface area (Å²) in [5, 5.41) is 9.53. The van der Waals surface area contributed by atoms with E-state index >= 15 is 0 Å². The Morgan fingerprint density at radius 2 is 1.23 bits per heavy atom. The standard InChI is InChI=1S/C32H43N.C18H22.C6H14/c1-5-11-26-14-15-27(25(26)4)18-22-32(20-9-6-10-21-32)31-29-13-8-7-12-28(29)16-17-30(31)33-23-19-24(2)3;1-14-10-11-15-8-4-5-9-16(15)17(14)18(2)12-6-3-7-13-18;1-4-5-6(2)3/h7-8,11-13,16-18,22,24,33H,5-6,9-10,14-15,19-21,23H2,1-4H3;4-5,8-11H,3,6-7,12-13H2,1-2H3;6H,4-5H2,1-3H3/b22-18+,26-11+;;. The van der Waals surface area contributed by atoms with Crippen LogP contribution in [0.15, 0.2) is 108 Å². The lowest BCUT2D eigenvalue weighted by Crippen LogP contribution is -2.28. The van der Waals surface area contributed by atoms with Gasteiger partial charge in [0.15, 0.2) is 0 Å². The molecule has 0 unspecified atom stereocenters. The summed E-state index contributed by atoms with van der Waals surface area (Å²) in [6, 6.07) is 27.1. The Morgan fingerprint density at radius 1 is 0.649 bits per heavy atom. The molecule has 0 amide bonds. The van der Waals surface area contributed by atoms with E-state index in [9.17, 15) is 0 Å². The second kappa shape index (κ2) is 21.4. The molecular formula is C56H79N. The van der Waals surface area contributed by atoms with Crippen molar-refractivity contribution in [1.82, 2.24) is 0 Å². The summed E-state index contributed by atoms with van der Waals surface area (Å²) in [7, 11) is 0. The van der Waals surface area contributed by atoms with Gasteiger partial charge in [-0.15, -0.1) is 0 Å². The monoisotopic (exact) mass is 766 g/mol. The first-order chi connectivity index (χ1) is 27.5. The number of fused-ring (bicyclic) bond motifs is 2. The summed E-state index contributed by atoms with van der Waals surface area (Å²) in [4.78, 5) is 0. The minimum atomic E-state index is 0.115. The molecule has 0 aromatic heterocycles. The molecule has 2 fully saturated rings. The van der Waals surface area contributed by atoms with Crippen molar-refractivity contribution >= 4 is 27.2 Å². The highest BCUT2D eigenvalue weighted by molar-refractivity contribution is 5.92. The Labute approximate surface area is 349 Å². The van der Waals surface area contributed by atoms with Crippen LogP contribution in [0.1, 0.15) is 175 Å². The van der Waals surface area contributed by atoms with Crippen LogP contribution in [0.2, 0.25) is 0 Å². The molecule has 4 aromatic rings. The van der Waals surface area contributed by atoms with E-state index in [-0.39, 0.29) is 5.41 Å². The molecule has 0 spiro atoms. The molecule has 3 aliphatic carbocycles. The van der Waals surface area contributed by atoms with Gasteiger partial charge in [0, 0.05) is 17.6 Å². The minimum absolute atomic E-state index is 0.115. The fourth-order valence-corrected chi connectivity index (χ4v) is 10.3. The van der Waals surface area contributed by atoms with Crippen molar-refractivity contribution in [2.24, 2.45) is 11.8 Å². The number of aryl methyl sites for hydroxylation is 1. The third-order valence-corrected chi connectivity index (χ3v) is 13.5. The van der Waals surface area contributed by atoms with Crippen molar-refractivity contribution < 1.29 is 0 Å². The number of nitrogens with one attached hydrogen (secondary N) is 1. The molecule has 1 N–H and O–H groups in total. The number of allylic oxidation sites excluding steroid dienone is 6. The van der Waals surface area contributed by atoms with E-state index in [1.807, 2.05) is 0 Å². The molecule has 1 nitrogen and oxygen atoms in total. The van der Waals surface area contributed by atoms with Gasteiger partial charge in [-0.3, -0.25) is 0 Å². The van der Waals surface area contributed by atoms with Gasteiger partial charge >= 0.3 is 0 Å². The average Bonchev–Trinajstić information content (AvgIpc) is 3.55. The summed E-state index contributed by atoms with van der Waals surface area (Å²) in [6.07, 6.45) is 28.4. The highest BCUT2D eigenvalue weighted by atomic mass is 14.9. The summed E-state index contributed by atoms with van der Waals surface area (Å²) >= 11 is 0. The Hall–Kier alpha value is -3.58. The minimum Gasteiger partial charge on any atom is -0.385 e. The van der Waals surface area contributed by atoms with Gasteiger partial charge in [0.2, 0.25) is 0 Å². The lowest BCUT2D eigenvalue weighted by molar-refractivity contribution is 0.320. The van der Waals surface area contributed by atoms with Gasteiger partial charge in [-0.05, 0) is 143 Å². The van der Waals surface area contributed by atoms with Crippen LogP contribution in [0.4, 0.5) is 5.69 Å². The molecule has 0 heterocycles. The van der Waals surface area contributed by atoms with Gasteiger partial charge in [-0.1, -0.05) is 185 Å². The first-order valence-corrected chi connectivity index (χ1v) is 23.3. The van der Waals surface area contributed by atoms with Crippen molar-refractivity contribution in [1.29, 1.82) is 0 Å². The largest absolute Gasteiger partial charge is 0.385 e. The molecule has 308 valence electrons.